The molecule has 1 aliphatic rings. The molecule has 3 nitrogen and oxygen atoms in total. The fourth-order valence-corrected chi connectivity index (χ4v) is 1.64. The monoisotopic (exact) mass is 266 g/mol. The number of phenolic OH excluding ortho intramolecular Hbond substituents is 1. The van der Waals surface area contributed by atoms with Gasteiger partial charge in [0.2, 0.25) is 29.0 Å². The van der Waals surface area contributed by atoms with E-state index in [9.17, 15) is 17.6 Å². The average Bonchev–Trinajstić information content (AvgIpc) is 2.40. The summed E-state index contributed by atoms with van der Waals surface area (Å²) in [5, 5.41) is 8.78. The zero-order valence-electron chi connectivity index (χ0n) is 9.18. The number of hydrogen-bond acceptors (Lipinski definition) is 3. The largest absolute Gasteiger partial charge is 0.503 e. The first-order valence-corrected chi connectivity index (χ1v) is 5.35. The third-order valence-corrected chi connectivity index (χ3v) is 2.59. The first kappa shape index (κ1) is 12.9. The predicted molar refractivity (Wildman–Crippen MR) is 52.2 cm³/mol. The molecule has 0 saturated carbocycles. The smallest absolute Gasteiger partial charge is 0.207 e. The SMILES string of the molecule is Oc1c(F)c(F)c(OC2CCCCO2)c(F)c1F. The molecule has 1 saturated heterocycles. The molecule has 0 aliphatic carbocycles. The van der Waals surface area contributed by atoms with Gasteiger partial charge in [0.1, 0.15) is 0 Å². The quantitative estimate of drug-likeness (QED) is 0.660. The van der Waals surface area contributed by atoms with Crippen LogP contribution in [0.5, 0.6) is 11.5 Å². The van der Waals surface area contributed by atoms with Crippen LogP contribution in [0.3, 0.4) is 0 Å². The van der Waals surface area contributed by atoms with Gasteiger partial charge in [-0.1, -0.05) is 0 Å². The molecule has 0 spiro atoms. The van der Waals surface area contributed by atoms with E-state index in [0.29, 0.717) is 13.0 Å². The Morgan fingerprint density at radius 1 is 1.00 bits per heavy atom. The molecule has 1 heterocycles. The number of rotatable bonds is 2. The summed E-state index contributed by atoms with van der Waals surface area (Å²) in [5.41, 5.74) is 0. The molecule has 0 radical (unpaired) electrons. The maximum atomic E-state index is 13.3. The van der Waals surface area contributed by atoms with Crippen molar-refractivity contribution in [2.45, 2.75) is 25.6 Å². The minimum Gasteiger partial charge on any atom is -0.503 e. The highest BCUT2D eigenvalue weighted by atomic mass is 19.2. The van der Waals surface area contributed by atoms with E-state index < -0.39 is 41.1 Å². The van der Waals surface area contributed by atoms with E-state index in [0.717, 1.165) is 12.8 Å². The molecule has 0 amide bonds. The van der Waals surface area contributed by atoms with Crippen molar-refractivity contribution < 1.29 is 32.1 Å². The summed E-state index contributed by atoms with van der Waals surface area (Å²) in [5.74, 6) is -10.3. The topological polar surface area (TPSA) is 38.7 Å². The van der Waals surface area contributed by atoms with Crippen LogP contribution in [-0.2, 0) is 4.74 Å². The van der Waals surface area contributed by atoms with Gasteiger partial charge in [-0.15, -0.1) is 0 Å². The van der Waals surface area contributed by atoms with Crippen LogP contribution in [0.4, 0.5) is 17.6 Å². The summed E-state index contributed by atoms with van der Waals surface area (Å²) >= 11 is 0. The lowest BCUT2D eigenvalue weighted by atomic mass is 10.2. The van der Waals surface area contributed by atoms with Crippen LogP contribution in [0.2, 0.25) is 0 Å². The van der Waals surface area contributed by atoms with Gasteiger partial charge in [-0.25, -0.2) is 0 Å². The molecule has 0 aromatic heterocycles. The number of phenols is 1. The molecule has 2 rings (SSSR count). The first-order chi connectivity index (χ1) is 8.52. The van der Waals surface area contributed by atoms with Crippen molar-refractivity contribution in [1.82, 2.24) is 0 Å². The molecule has 1 aromatic carbocycles. The van der Waals surface area contributed by atoms with Gasteiger partial charge in [0.25, 0.3) is 0 Å². The molecular weight excluding hydrogens is 256 g/mol. The second-order valence-electron chi connectivity index (χ2n) is 3.85. The summed E-state index contributed by atoms with van der Waals surface area (Å²) in [6, 6.07) is 0. The Morgan fingerprint density at radius 3 is 2.11 bits per heavy atom. The maximum Gasteiger partial charge on any atom is 0.207 e. The molecule has 1 atom stereocenters. The predicted octanol–water partition coefficient (Wildman–Crippen LogP) is 2.85. The highest BCUT2D eigenvalue weighted by molar-refractivity contribution is 5.37. The minimum absolute atomic E-state index is 0.344. The fraction of sp³-hybridized carbons (Fsp3) is 0.455. The lowest BCUT2D eigenvalue weighted by Gasteiger charge is -2.24. The van der Waals surface area contributed by atoms with Crippen molar-refractivity contribution in [2.24, 2.45) is 0 Å². The standard InChI is InChI=1S/C11H10F4O3/c12-6-8(14)11(9(15)7(13)10(6)16)18-5-3-1-2-4-17-5/h5,16H,1-4H2. The van der Waals surface area contributed by atoms with Gasteiger partial charge < -0.3 is 14.6 Å². The van der Waals surface area contributed by atoms with Crippen molar-refractivity contribution >= 4 is 0 Å². The van der Waals surface area contributed by atoms with E-state index in [1.54, 1.807) is 0 Å². The molecule has 1 aliphatic heterocycles. The number of halogens is 4. The first-order valence-electron chi connectivity index (χ1n) is 5.35. The van der Waals surface area contributed by atoms with E-state index in [1.807, 2.05) is 0 Å². The summed E-state index contributed by atoms with van der Waals surface area (Å²) in [4.78, 5) is 0. The average molecular weight is 266 g/mol. The molecule has 100 valence electrons. The van der Waals surface area contributed by atoms with Gasteiger partial charge in [-0.2, -0.15) is 17.6 Å². The maximum absolute atomic E-state index is 13.3. The zero-order valence-corrected chi connectivity index (χ0v) is 9.18. The van der Waals surface area contributed by atoms with Crippen LogP contribution in [0.1, 0.15) is 19.3 Å². The van der Waals surface area contributed by atoms with Gasteiger partial charge in [0.15, 0.2) is 12.0 Å². The number of benzene rings is 1. The third kappa shape index (κ3) is 2.22. The second kappa shape index (κ2) is 5.01. The van der Waals surface area contributed by atoms with E-state index in [4.69, 9.17) is 14.6 Å². The van der Waals surface area contributed by atoms with Gasteiger partial charge in [0.05, 0.1) is 6.61 Å². The molecule has 7 heteroatoms. The summed E-state index contributed by atoms with van der Waals surface area (Å²) in [7, 11) is 0. The lowest BCUT2D eigenvalue weighted by Crippen LogP contribution is -2.26. The molecule has 1 fully saturated rings. The van der Waals surface area contributed by atoms with Crippen LogP contribution in [0.15, 0.2) is 0 Å². The highest BCUT2D eigenvalue weighted by Crippen LogP contribution is 2.34. The number of ether oxygens (including phenoxy) is 2. The Kier molecular flexibility index (Phi) is 3.60. The normalized spacial score (nSPS) is 19.9. The van der Waals surface area contributed by atoms with Crippen molar-refractivity contribution in [3.8, 4) is 11.5 Å². The Hall–Kier alpha value is -1.50. The van der Waals surface area contributed by atoms with Crippen molar-refractivity contribution in [1.29, 1.82) is 0 Å². The van der Waals surface area contributed by atoms with Gasteiger partial charge >= 0.3 is 0 Å². The van der Waals surface area contributed by atoms with Crippen LogP contribution in [0, 0.1) is 23.3 Å². The van der Waals surface area contributed by atoms with E-state index in [2.05, 4.69) is 0 Å². The van der Waals surface area contributed by atoms with Crippen molar-refractivity contribution in [3.63, 3.8) is 0 Å². The third-order valence-electron chi connectivity index (χ3n) is 2.59. The van der Waals surface area contributed by atoms with E-state index >= 15 is 0 Å². The lowest BCUT2D eigenvalue weighted by molar-refractivity contribution is -0.109. The van der Waals surface area contributed by atoms with Crippen molar-refractivity contribution in [2.75, 3.05) is 6.61 Å². The molecule has 0 bridgehead atoms. The molecule has 1 unspecified atom stereocenters. The number of hydrogen-bond donors (Lipinski definition) is 1. The van der Waals surface area contributed by atoms with E-state index in [1.165, 1.54) is 0 Å². The van der Waals surface area contributed by atoms with Gasteiger partial charge in [-0.3, -0.25) is 0 Å². The Labute approximate surface area is 99.9 Å². The molecule has 1 N–H and O–H groups in total. The van der Waals surface area contributed by atoms with Gasteiger partial charge in [0, 0.05) is 6.42 Å². The summed E-state index contributed by atoms with van der Waals surface area (Å²) in [6.07, 6.45) is 0.911. The highest BCUT2D eigenvalue weighted by Gasteiger charge is 2.29. The Morgan fingerprint density at radius 2 is 1.61 bits per heavy atom. The summed E-state index contributed by atoms with van der Waals surface area (Å²) in [6.45, 7) is 0.344. The fourth-order valence-electron chi connectivity index (χ4n) is 1.64. The Bertz CT molecular complexity index is 429. The second-order valence-corrected chi connectivity index (χ2v) is 3.85. The number of aromatic hydroxyl groups is 1. The van der Waals surface area contributed by atoms with E-state index in [-0.39, 0.29) is 0 Å². The molecular formula is C11H10F4O3. The van der Waals surface area contributed by atoms with Crippen molar-refractivity contribution in [3.05, 3.63) is 23.3 Å². The van der Waals surface area contributed by atoms with Crippen LogP contribution in [-0.4, -0.2) is 18.0 Å². The molecule has 18 heavy (non-hydrogen) atoms. The summed E-state index contributed by atoms with van der Waals surface area (Å²) < 4.78 is 62.5. The van der Waals surface area contributed by atoms with Crippen LogP contribution < -0.4 is 4.74 Å². The molecule has 1 aromatic rings. The Balaban J connectivity index is 2.32. The minimum atomic E-state index is -1.89. The van der Waals surface area contributed by atoms with Crippen LogP contribution in [0.25, 0.3) is 0 Å². The zero-order chi connectivity index (χ0) is 13.3. The van der Waals surface area contributed by atoms with Gasteiger partial charge in [-0.05, 0) is 12.8 Å². The van der Waals surface area contributed by atoms with Crippen LogP contribution >= 0.6 is 0 Å².